The molecule has 0 atom stereocenters. The SMILES string of the molecule is CCC=[N+](CC)OCC.O=S(=O)([O-])C(F)(F)F. The van der Waals surface area contributed by atoms with E-state index in [4.69, 9.17) is 17.8 Å². The van der Waals surface area contributed by atoms with Crippen molar-refractivity contribution in [2.75, 3.05) is 13.2 Å². The molecular weight excluding hydrogens is 263 g/mol. The van der Waals surface area contributed by atoms with Crippen molar-refractivity contribution in [3.8, 4) is 0 Å². The van der Waals surface area contributed by atoms with Crippen LogP contribution in [0, 0.1) is 0 Å². The Kier molecular flexibility index (Phi) is 9.04. The minimum absolute atomic E-state index is 0.754. The van der Waals surface area contributed by atoms with Gasteiger partial charge < -0.3 is 4.55 Å². The summed E-state index contributed by atoms with van der Waals surface area (Å²) < 4.78 is 60.8. The number of rotatable bonds is 4. The fourth-order valence-corrected chi connectivity index (χ4v) is 0.643. The molecule has 0 heterocycles. The van der Waals surface area contributed by atoms with E-state index in [1.54, 1.807) is 0 Å². The summed E-state index contributed by atoms with van der Waals surface area (Å²) in [6.45, 7) is 7.85. The van der Waals surface area contributed by atoms with E-state index in [1.807, 2.05) is 17.9 Å². The molecule has 0 unspecified atom stereocenters. The van der Waals surface area contributed by atoms with E-state index < -0.39 is 15.6 Å². The Balaban J connectivity index is 0. The van der Waals surface area contributed by atoms with Crippen LogP contribution in [-0.4, -0.2) is 42.6 Å². The molecule has 0 bridgehead atoms. The summed E-state index contributed by atoms with van der Waals surface area (Å²) in [5.41, 5.74) is -5.65. The number of halogens is 3. The summed E-state index contributed by atoms with van der Waals surface area (Å²) in [7, 11) is -6.09. The zero-order chi connectivity index (χ0) is 14.1. The molecular formula is C8H16F3NO4S. The molecule has 0 aromatic carbocycles. The lowest BCUT2D eigenvalue weighted by Gasteiger charge is -2.08. The van der Waals surface area contributed by atoms with Crippen LogP contribution >= 0.6 is 0 Å². The van der Waals surface area contributed by atoms with Gasteiger partial charge in [-0.25, -0.2) is 8.42 Å². The zero-order valence-corrected chi connectivity index (χ0v) is 10.6. The molecule has 0 radical (unpaired) electrons. The molecule has 0 saturated heterocycles. The van der Waals surface area contributed by atoms with E-state index in [0.29, 0.717) is 0 Å². The second-order valence-electron chi connectivity index (χ2n) is 2.64. The summed E-state index contributed by atoms with van der Waals surface area (Å²) in [6, 6.07) is 0. The van der Waals surface area contributed by atoms with Crippen molar-refractivity contribution in [3.63, 3.8) is 0 Å². The first-order valence-electron chi connectivity index (χ1n) is 4.85. The quantitative estimate of drug-likeness (QED) is 0.257. The lowest BCUT2D eigenvalue weighted by molar-refractivity contribution is -0.782. The van der Waals surface area contributed by atoms with Crippen LogP contribution in [0.1, 0.15) is 27.2 Å². The summed E-state index contributed by atoms with van der Waals surface area (Å²) in [5, 5.41) is 0. The number of hydrogen-bond acceptors (Lipinski definition) is 4. The van der Waals surface area contributed by atoms with Crippen molar-refractivity contribution in [3.05, 3.63) is 0 Å². The molecule has 9 heteroatoms. The van der Waals surface area contributed by atoms with E-state index in [2.05, 4.69) is 13.8 Å². The van der Waals surface area contributed by atoms with Crippen LogP contribution in [0.4, 0.5) is 13.2 Å². The second kappa shape index (κ2) is 8.29. The average Bonchev–Trinajstić information content (AvgIpc) is 2.15. The molecule has 0 saturated carbocycles. The van der Waals surface area contributed by atoms with Gasteiger partial charge in [-0.1, -0.05) is 6.92 Å². The third-order valence-electron chi connectivity index (χ3n) is 1.28. The van der Waals surface area contributed by atoms with E-state index in [1.165, 1.54) is 0 Å². The molecule has 0 aliphatic rings. The molecule has 17 heavy (non-hydrogen) atoms. The molecule has 0 aliphatic carbocycles. The van der Waals surface area contributed by atoms with Crippen LogP contribution in [0.5, 0.6) is 0 Å². The first-order chi connectivity index (χ1) is 7.60. The van der Waals surface area contributed by atoms with E-state index in [-0.39, 0.29) is 0 Å². The molecule has 5 nitrogen and oxygen atoms in total. The van der Waals surface area contributed by atoms with Gasteiger partial charge in [-0.15, -0.1) is 0 Å². The van der Waals surface area contributed by atoms with Crippen LogP contribution < -0.4 is 0 Å². The largest absolute Gasteiger partial charge is 0.741 e. The van der Waals surface area contributed by atoms with Gasteiger partial charge in [0, 0.05) is 6.42 Å². The Labute approximate surface area is 98.6 Å². The van der Waals surface area contributed by atoms with Gasteiger partial charge in [0.15, 0.2) is 29.5 Å². The minimum Gasteiger partial charge on any atom is -0.741 e. The van der Waals surface area contributed by atoms with Crippen LogP contribution in [0.25, 0.3) is 0 Å². The van der Waals surface area contributed by atoms with E-state index in [9.17, 15) is 13.2 Å². The predicted octanol–water partition coefficient (Wildman–Crippen LogP) is 1.50. The van der Waals surface area contributed by atoms with Gasteiger partial charge in [0.25, 0.3) is 0 Å². The van der Waals surface area contributed by atoms with Crippen LogP contribution in [0.2, 0.25) is 0 Å². The Morgan fingerprint density at radius 2 is 1.71 bits per heavy atom. The molecule has 0 N–H and O–H groups in total. The van der Waals surface area contributed by atoms with Crippen molar-refractivity contribution >= 4 is 16.3 Å². The highest BCUT2D eigenvalue weighted by molar-refractivity contribution is 7.86. The van der Waals surface area contributed by atoms with Crippen LogP contribution in [0.3, 0.4) is 0 Å². The summed E-state index contributed by atoms with van der Waals surface area (Å²) >= 11 is 0. The minimum atomic E-state index is -6.09. The summed E-state index contributed by atoms with van der Waals surface area (Å²) in [6.07, 6.45) is 3.08. The molecule has 0 aromatic heterocycles. The van der Waals surface area contributed by atoms with Crippen molar-refractivity contribution in [1.29, 1.82) is 0 Å². The number of alkyl halides is 3. The van der Waals surface area contributed by atoms with E-state index in [0.717, 1.165) is 19.6 Å². The molecule has 0 aromatic rings. The Morgan fingerprint density at radius 3 is 1.88 bits per heavy atom. The predicted molar refractivity (Wildman–Crippen MR) is 54.5 cm³/mol. The Morgan fingerprint density at radius 1 is 1.29 bits per heavy atom. The Hall–Kier alpha value is -0.830. The van der Waals surface area contributed by atoms with Gasteiger partial charge >= 0.3 is 5.51 Å². The van der Waals surface area contributed by atoms with Crippen molar-refractivity contribution in [2.45, 2.75) is 32.7 Å². The van der Waals surface area contributed by atoms with Gasteiger partial charge in [-0.3, -0.25) is 4.84 Å². The lowest BCUT2D eigenvalue weighted by atomic mass is 10.5. The van der Waals surface area contributed by atoms with Crippen LogP contribution in [-0.2, 0) is 15.0 Å². The second-order valence-corrected chi connectivity index (χ2v) is 4.01. The van der Waals surface area contributed by atoms with Gasteiger partial charge in [0.1, 0.15) is 0 Å². The Bertz CT molecular complexity index is 324. The van der Waals surface area contributed by atoms with Crippen molar-refractivity contribution in [2.24, 2.45) is 0 Å². The molecule has 0 fully saturated rings. The van der Waals surface area contributed by atoms with Crippen molar-refractivity contribution < 1.29 is 35.7 Å². The monoisotopic (exact) mass is 279 g/mol. The smallest absolute Gasteiger partial charge is 0.485 e. The molecule has 104 valence electrons. The maximum Gasteiger partial charge on any atom is 0.485 e. The first kappa shape index (κ1) is 18.5. The zero-order valence-electron chi connectivity index (χ0n) is 9.82. The lowest BCUT2D eigenvalue weighted by Crippen LogP contribution is -2.21. The normalized spacial score (nSPS) is 12.8. The summed E-state index contributed by atoms with van der Waals surface area (Å²) in [4.78, 5) is 5.21. The highest BCUT2D eigenvalue weighted by Crippen LogP contribution is 2.20. The number of hydrogen-bond donors (Lipinski definition) is 0. The highest BCUT2D eigenvalue weighted by Gasteiger charge is 2.36. The van der Waals surface area contributed by atoms with Gasteiger partial charge in [0.2, 0.25) is 0 Å². The molecule has 0 amide bonds. The average molecular weight is 279 g/mol. The summed E-state index contributed by atoms with van der Waals surface area (Å²) in [5.74, 6) is 0. The first-order valence-corrected chi connectivity index (χ1v) is 6.25. The van der Waals surface area contributed by atoms with Gasteiger partial charge in [-0.2, -0.15) is 13.2 Å². The van der Waals surface area contributed by atoms with Crippen molar-refractivity contribution in [1.82, 2.24) is 0 Å². The third kappa shape index (κ3) is 10.1. The van der Waals surface area contributed by atoms with Gasteiger partial charge in [-0.05, 0) is 18.6 Å². The fourth-order valence-electron chi connectivity index (χ4n) is 0.643. The molecule has 0 spiro atoms. The van der Waals surface area contributed by atoms with Crippen LogP contribution in [0.15, 0.2) is 0 Å². The topological polar surface area (TPSA) is 69.4 Å². The number of nitrogens with zero attached hydrogens (tertiary/aromatic N) is 1. The third-order valence-corrected chi connectivity index (χ3v) is 1.84. The number of hydroxylamine groups is 1. The highest BCUT2D eigenvalue weighted by atomic mass is 32.2. The maximum absolute atomic E-state index is 10.7. The van der Waals surface area contributed by atoms with Gasteiger partial charge in [0.05, 0.1) is 0 Å². The van der Waals surface area contributed by atoms with E-state index >= 15 is 0 Å². The fraction of sp³-hybridized carbons (Fsp3) is 0.875. The molecule has 0 rings (SSSR count). The maximum atomic E-state index is 10.7. The standard InChI is InChI=1S/C7H16NO.CHF3O3S/c1-4-7-8(5-2)9-6-3;2-1(3,4)8(5,6)7/h7H,4-6H2,1-3H3;(H,5,6,7)/q+1;/p-1. The molecule has 0 aliphatic heterocycles.